The zero-order valence-electron chi connectivity index (χ0n) is 12.6. The van der Waals surface area contributed by atoms with Crippen molar-refractivity contribution in [3.63, 3.8) is 0 Å². The van der Waals surface area contributed by atoms with Crippen LogP contribution >= 0.6 is 31.9 Å². The van der Waals surface area contributed by atoms with E-state index in [2.05, 4.69) is 49.3 Å². The van der Waals surface area contributed by atoms with Crippen LogP contribution in [0.2, 0.25) is 0 Å². The van der Waals surface area contributed by atoms with Crippen molar-refractivity contribution in [2.75, 3.05) is 40.1 Å². The third kappa shape index (κ3) is 7.61. The summed E-state index contributed by atoms with van der Waals surface area (Å²) in [7, 11) is 1.68. The molecule has 4 nitrogen and oxygen atoms in total. The van der Waals surface area contributed by atoms with Crippen LogP contribution in [0.3, 0.4) is 0 Å². The lowest BCUT2D eigenvalue weighted by molar-refractivity contribution is 0.0695. The highest BCUT2D eigenvalue weighted by atomic mass is 79.9. The molecular weight excluding hydrogens is 402 g/mol. The average Bonchev–Trinajstić information content (AvgIpc) is 2.46. The summed E-state index contributed by atoms with van der Waals surface area (Å²) in [5.74, 6) is 0.854. The first-order valence-corrected chi connectivity index (χ1v) is 8.65. The molecule has 6 heteroatoms. The molecule has 1 aromatic carbocycles. The van der Waals surface area contributed by atoms with Crippen molar-refractivity contribution in [1.29, 1.82) is 0 Å². The number of methoxy groups -OCH3 is 1. The molecule has 0 saturated heterocycles. The summed E-state index contributed by atoms with van der Waals surface area (Å²) in [5.41, 5.74) is 1.21. The molecule has 0 spiro atoms. The number of ether oxygens (including phenoxy) is 3. The van der Waals surface area contributed by atoms with Gasteiger partial charge in [0.15, 0.2) is 0 Å². The fourth-order valence-corrected chi connectivity index (χ4v) is 3.28. The molecule has 0 radical (unpaired) electrons. The second-order valence-corrected chi connectivity index (χ2v) is 6.17. The zero-order valence-corrected chi connectivity index (χ0v) is 15.8. The Labute approximate surface area is 143 Å². The summed E-state index contributed by atoms with van der Waals surface area (Å²) in [5, 5.41) is 3.40. The molecule has 1 aromatic rings. The molecule has 0 amide bonds. The molecule has 120 valence electrons. The van der Waals surface area contributed by atoms with Crippen molar-refractivity contribution in [3.05, 3.63) is 26.6 Å². The van der Waals surface area contributed by atoms with E-state index >= 15 is 0 Å². The Balaban J connectivity index is 2.26. The highest BCUT2D eigenvalue weighted by Crippen LogP contribution is 2.34. The van der Waals surface area contributed by atoms with Gasteiger partial charge in [-0.15, -0.1) is 0 Å². The number of hydrogen-bond donors (Lipinski definition) is 1. The van der Waals surface area contributed by atoms with Gasteiger partial charge in [-0.25, -0.2) is 0 Å². The number of halogens is 2. The van der Waals surface area contributed by atoms with Crippen LogP contribution in [0, 0.1) is 0 Å². The Hall–Kier alpha value is -0.140. The molecule has 0 aliphatic heterocycles. The van der Waals surface area contributed by atoms with E-state index in [1.807, 2.05) is 6.92 Å². The summed E-state index contributed by atoms with van der Waals surface area (Å²) < 4.78 is 17.8. The van der Waals surface area contributed by atoms with E-state index in [0.717, 1.165) is 40.8 Å². The molecule has 21 heavy (non-hydrogen) atoms. The summed E-state index contributed by atoms with van der Waals surface area (Å²) in [4.78, 5) is 0. The van der Waals surface area contributed by atoms with Gasteiger partial charge < -0.3 is 19.5 Å². The van der Waals surface area contributed by atoms with Crippen molar-refractivity contribution in [2.24, 2.45) is 0 Å². The number of rotatable bonds is 11. The number of hydrogen-bond acceptors (Lipinski definition) is 4. The predicted molar refractivity (Wildman–Crippen MR) is 92.0 cm³/mol. The van der Waals surface area contributed by atoms with Crippen LogP contribution in [0.5, 0.6) is 5.75 Å². The van der Waals surface area contributed by atoms with Gasteiger partial charge in [0.2, 0.25) is 0 Å². The Kier molecular flexibility index (Phi) is 10.3. The van der Waals surface area contributed by atoms with Gasteiger partial charge in [0, 0.05) is 20.3 Å². The Morgan fingerprint density at radius 3 is 2.43 bits per heavy atom. The van der Waals surface area contributed by atoms with Crippen LogP contribution in [0.1, 0.15) is 18.9 Å². The summed E-state index contributed by atoms with van der Waals surface area (Å²) in [6, 6.07) is 4.16. The lowest BCUT2D eigenvalue weighted by Crippen LogP contribution is -2.17. The molecule has 0 heterocycles. The van der Waals surface area contributed by atoms with E-state index in [1.54, 1.807) is 7.11 Å². The van der Waals surface area contributed by atoms with E-state index in [0.29, 0.717) is 19.8 Å². The van der Waals surface area contributed by atoms with Crippen LogP contribution < -0.4 is 10.1 Å². The van der Waals surface area contributed by atoms with Crippen LogP contribution in [0.4, 0.5) is 0 Å². The summed E-state index contributed by atoms with van der Waals surface area (Å²) in [6.45, 7) is 6.45. The average molecular weight is 425 g/mol. The second kappa shape index (κ2) is 11.4. The van der Waals surface area contributed by atoms with Gasteiger partial charge in [0.05, 0.1) is 28.8 Å². The minimum absolute atomic E-state index is 0.651. The summed E-state index contributed by atoms with van der Waals surface area (Å²) in [6.07, 6.45) is 0.989. The minimum Gasteiger partial charge on any atom is -0.492 e. The molecule has 0 fully saturated rings. The standard InChI is InChI=1S/C15H23Br2NO3/c1-3-21-15-13(16)9-12(10-14(15)17)11-18-5-4-6-20-8-7-19-2/h9-10,18H,3-8,11H2,1-2H3. The van der Waals surface area contributed by atoms with Crippen LogP contribution in [0.25, 0.3) is 0 Å². The Morgan fingerprint density at radius 2 is 1.81 bits per heavy atom. The monoisotopic (exact) mass is 423 g/mol. The van der Waals surface area contributed by atoms with E-state index < -0.39 is 0 Å². The van der Waals surface area contributed by atoms with Crippen molar-refractivity contribution in [3.8, 4) is 5.75 Å². The van der Waals surface area contributed by atoms with Gasteiger partial charge in [-0.3, -0.25) is 0 Å². The molecule has 1 rings (SSSR count). The third-order valence-electron chi connectivity index (χ3n) is 2.75. The summed E-state index contributed by atoms with van der Waals surface area (Å²) >= 11 is 7.08. The molecule has 0 aliphatic rings. The normalized spacial score (nSPS) is 10.9. The number of nitrogens with one attached hydrogen (secondary N) is 1. The van der Waals surface area contributed by atoms with Crippen molar-refractivity contribution >= 4 is 31.9 Å². The fraction of sp³-hybridized carbons (Fsp3) is 0.600. The second-order valence-electron chi connectivity index (χ2n) is 4.46. The molecule has 0 unspecified atom stereocenters. The predicted octanol–water partition coefficient (Wildman–Crippen LogP) is 3.75. The molecule has 0 saturated carbocycles. The Morgan fingerprint density at radius 1 is 1.10 bits per heavy atom. The van der Waals surface area contributed by atoms with E-state index in [-0.39, 0.29) is 0 Å². The molecule has 0 bridgehead atoms. The van der Waals surface area contributed by atoms with Gasteiger partial charge in [-0.1, -0.05) is 0 Å². The first-order chi connectivity index (χ1) is 10.2. The lowest BCUT2D eigenvalue weighted by Gasteiger charge is -2.11. The SMILES string of the molecule is CCOc1c(Br)cc(CNCCCOCCOC)cc1Br. The fourth-order valence-electron chi connectivity index (χ4n) is 1.77. The van der Waals surface area contributed by atoms with Crippen molar-refractivity contribution in [1.82, 2.24) is 5.32 Å². The van der Waals surface area contributed by atoms with Crippen molar-refractivity contribution in [2.45, 2.75) is 19.9 Å². The van der Waals surface area contributed by atoms with Gasteiger partial charge in [0.25, 0.3) is 0 Å². The molecule has 1 N–H and O–H groups in total. The number of benzene rings is 1. The maximum absolute atomic E-state index is 5.57. The van der Waals surface area contributed by atoms with Gasteiger partial charge in [-0.2, -0.15) is 0 Å². The van der Waals surface area contributed by atoms with E-state index in [9.17, 15) is 0 Å². The minimum atomic E-state index is 0.651. The molecule has 0 aromatic heterocycles. The van der Waals surface area contributed by atoms with Crippen molar-refractivity contribution < 1.29 is 14.2 Å². The highest BCUT2D eigenvalue weighted by Gasteiger charge is 2.08. The van der Waals surface area contributed by atoms with Crippen LogP contribution in [-0.4, -0.2) is 40.1 Å². The molecular formula is C15H23Br2NO3. The lowest BCUT2D eigenvalue weighted by atomic mass is 10.2. The zero-order chi connectivity index (χ0) is 15.5. The van der Waals surface area contributed by atoms with Gasteiger partial charge in [-0.05, 0) is 69.4 Å². The third-order valence-corrected chi connectivity index (χ3v) is 3.93. The maximum Gasteiger partial charge on any atom is 0.147 e. The Bertz CT molecular complexity index is 393. The first-order valence-electron chi connectivity index (χ1n) is 7.07. The smallest absolute Gasteiger partial charge is 0.147 e. The van der Waals surface area contributed by atoms with E-state index in [1.165, 1.54) is 5.56 Å². The largest absolute Gasteiger partial charge is 0.492 e. The van der Waals surface area contributed by atoms with Gasteiger partial charge >= 0.3 is 0 Å². The first kappa shape index (κ1) is 18.9. The molecule has 0 atom stereocenters. The van der Waals surface area contributed by atoms with Gasteiger partial charge in [0.1, 0.15) is 5.75 Å². The van der Waals surface area contributed by atoms with E-state index in [4.69, 9.17) is 14.2 Å². The molecule has 0 aliphatic carbocycles. The van der Waals surface area contributed by atoms with Crippen LogP contribution in [-0.2, 0) is 16.0 Å². The maximum atomic E-state index is 5.57. The highest BCUT2D eigenvalue weighted by molar-refractivity contribution is 9.11. The quantitative estimate of drug-likeness (QED) is 0.549. The topological polar surface area (TPSA) is 39.7 Å². The van der Waals surface area contributed by atoms with Crippen LogP contribution in [0.15, 0.2) is 21.1 Å².